The van der Waals surface area contributed by atoms with E-state index in [1.807, 2.05) is 24.3 Å². The molecule has 2 N–H and O–H groups in total. The molecule has 0 saturated heterocycles. The molecule has 124 valence electrons. The summed E-state index contributed by atoms with van der Waals surface area (Å²) in [4.78, 5) is 7.88. The maximum absolute atomic E-state index is 8.65. The lowest BCUT2D eigenvalue weighted by molar-refractivity contribution is 0.460. The molecule has 4 aromatic rings. The highest BCUT2D eigenvalue weighted by molar-refractivity contribution is 5.56. The van der Waals surface area contributed by atoms with Gasteiger partial charge in [-0.2, -0.15) is 0 Å². The number of phenolic OH excluding ortho intramolecular Hbond substituents is 2. The van der Waals surface area contributed by atoms with Crippen LogP contribution in [-0.2, 0) is 0 Å². The zero-order valence-electron chi connectivity index (χ0n) is 13.0. The molecule has 0 aliphatic heterocycles. The van der Waals surface area contributed by atoms with Gasteiger partial charge in [-0.15, -0.1) is 10.2 Å². The summed E-state index contributed by atoms with van der Waals surface area (Å²) in [5.41, 5.74) is 1.71. The first-order valence-electron chi connectivity index (χ1n) is 7.34. The van der Waals surface area contributed by atoms with Crippen LogP contribution in [0.2, 0.25) is 0 Å². The Morgan fingerprint density at radius 2 is 0.920 bits per heavy atom. The average Bonchev–Trinajstić information content (AvgIpc) is 3.16. The first-order chi connectivity index (χ1) is 12.2. The van der Waals surface area contributed by atoms with Crippen LogP contribution in [0.1, 0.15) is 0 Å². The predicted molar refractivity (Wildman–Crippen MR) is 90.5 cm³/mol. The number of aromatic hydroxyl groups is 2. The van der Waals surface area contributed by atoms with Crippen LogP contribution in [0.15, 0.2) is 77.7 Å². The molecule has 7 heteroatoms. The molecule has 7 nitrogen and oxygen atoms in total. The minimum absolute atomic E-state index is 0.169. The molecule has 0 fully saturated rings. The van der Waals surface area contributed by atoms with Crippen molar-refractivity contribution >= 4 is 0 Å². The topological polar surface area (TPSA) is 105 Å². The van der Waals surface area contributed by atoms with Crippen molar-refractivity contribution in [3.05, 3.63) is 73.3 Å². The lowest BCUT2D eigenvalue weighted by Crippen LogP contribution is -1.77. The van der Waals surface area contributed by atoms with Gasteiger partial charge in [0, 0.05) is 35.9 Å². The highest BCUT2D eigenvalue weighted by atomic mass is 16.4. The Balaban J connectivity index is 0.000000192. The van der Waals surface area contributed by atoms with Crippen LogP contribution < -0.4 is 0 Å². The highest BCUT2D eigenvalue weighted by Crippen LogP contribution is 2.22. The molecule has 0 spiro atoms. The number of benzene rings is 1. The normalized spacial score (nSPS) is 9.92. The molecule has 0 amide bonds. The summed E-state index contributed by atoms with van der Waals surface area (Å²) in [6, 6.07) is 13.0. The minimum atomic E-state index is 0.169. The molecule has 1 aromatic carbocycles. The number of pyridine rings is 2. The number of hydrogen-bond donors (Lipinski definition) is 2. The van der Waals surface area contributed by atoms with Gasteiger partial charge in [0.15, 0.2) is 0 Å². The summed E-state index contributed by atoms with van der Waals surface area (Å²) in [5.74, 6) is 1.31. The van der Waals surface area contributed by atoms with Crippen LogP contribution >= 0.6 is 0 Å². The Kier molecular flexibility index (Phi) is 4.96. The minimum Gasteiger partial charge on any atom is -0.508 e. The van der Waals surface area contributed by atoms with E-state index in [4.69, 9.17) is 14.6 Å². The van der Waals surface area contributed by atoms with Gasteiger partial charge in [-0.1, -0.05) is 0 Å². The first kappa shape index (κ1) is 16.1. The summed E-state index contributed by atoms with van der Waals surface area (Å²) < 4.78 is 5.58. The third-order valence-corrected chi connectivity index (χ3v) is 3.13. The predicted octanol–water partition coefficient (Wildman–Crippen LogP) is 3.29. The Morgan fingerprint density at radius 3 is 1.28 bits per heavy atom. The van der Waals surface area contributed by atoms with Crippen LogP contribution in [0.3, 0.4) is 0 Å². The van der Waals surface area contributed by atoms with Crippen molar-refractivity contribution in [2.75, 3.05) is 0 Å². The van der Waals surface area contributed by atoms with Crippen LogP contribution in [-0.4, -0.2) is 30.4 Å². The summed E-state index contributed by atoms with van der Waals surface area (Å²) >= 11 is 0. The SMILES string of the molecule is Oc1ccc(O)cc1.c1cc(-c2nnc(-c3ccncc3)o2)ccn1. The third kappa shape index (κ3) is 4.38. The van der Waals surface area contributed by atoms with E-state index in [2.05, 4.69) is 20.2 Å². The highest BCUT2D eigenvalue weighted by Gasteiger charge is 2.09. The second-order valence-electron chi connectivity index (χ2n) is 4.90. The maximum Gasteiger partial charge on any atom is 0.248 e. The fourth-order valence-corrected chi connectivity index (χ4v) is 1.90. The van der Waals surface area contributed by atoms with E-state index in [1.54, 1.807) is 24.8 Å². The van der Waals surface area contributed by atoms with E-state index in [0.29, 0.717) is 11.8 Å². The summed E-state index contributed by atoms with van der Waals surface area (Å²) in [6.07, 6.45) is 6.74. The van der Waals surface area contributed by atoms with E-state index >= 15 is 0 Å². The monoisotopic (exact) mass is 334 g/mol. The van der Waals surface area contributed by atoms with Gasteiger partial charge in [0.1, 0.15) is 11.5 Å². The van der Waals surface area contributed by atoms with Gasteiger partial charge in [0.2, 0.25) is 11.8 Å². The summed E-state index contributed by atoms with van der Waals surface area (Å²) in [7, 11) is 0. The van der Waals surface area contributed by atoms with Crippen LogP contribution in [0.5, 0.6) is 11.5 Å². The van der Waals surface area contributed by atoms with Crippen molar-refractivity contribution in [3.8, 4) is 34.4 Å². The quantitative estimate of drug-likeness (QED) is 0.542. The number of aromatic nitrogens is 4. The lowest BCUT2D eigenvalue weighted by atomic mass is 10.3. The van der Waals surface area contributed by atoms with Crippen LogP contribution in [0, 0.1) is 0 Å². The van der Waals surface area contributed by atoms with Gasteiger partial charge in [-0.25, -0.2) is 0 Å². The zero-order chi connectivity index (χ0) is 17.5. The standard InChI is InChI=1S/C12H8N4O.C6H6O2/c1-5-13-6-2-9(1)11-15-16-12(17-11)10-3-7-14-8-4-10;7-5-1-2-6(8)4-3-5/h1-8H;1-4,7-8H. The van der Waals surface area contributed by atoms with Crippen molar-refractivity contribution < 1.29 is 14.6 Å². The number of hydrogen-bond acceptors (Lipinski definition) is 7. The van der Waals surface area contributed by atoms with Crippen molar-refractivity contribution in [1.82, 2.24) is 20.2 Å². The third-order valence-electron chi connectivity index (χ3n) is 3.13. The molecule has 0 atom stereocenters. The zero-order valence-corrected chi connectivity index (χ0v) is 13.0. The fourth-order valence-electron chi connectivity index (χ4n) is 1.90. The smallest absolute Gasteiger partial charge is 0.248 e. The Morgan fingerprint density at radius 1 is 0.560 bits per heavy atom. The molecule has 0 aliphatic rings. The van der Waals surface area contributed by atoms with Gasteiger partial charge in [-0.3, -0.25) is 9.97 Å². The molecule has 0 radical (unpaired) electrons. The van der Waals surface area contributed by atoms with Crippen molar-refractivity contribution in [2.24, 2.45) is 0 Å². The molecule has 3 aromatic heterocycles. The summed E-state index contributed by atoms with van der Waals surface area (Å²) in [6.45, 7) is 0. The van der Waals surface area contributed by atoms with Gasteiger partial charge in [0.05, 0.1) is 0 Å². The molecule has 3 heterocycles. The number of phenols is 2. The molecular weight excluding hydrogens is 320 g/mol. The second kappa shape index (κ2) is 7.69. The maximum atomic E-state index is 8.65. The molecule has 0 bridgehead atoms. The molecule has 4 rings (SSSR count). The van der Waals surface area contributed by atoms with Crippen molar-refractivity contribution in [2.45, 2.75) is 0 Å². The molecule has 25 heavy (non-hydrogen) atoms. The van der Waals surface area contributed by atoms with Crippen molar-refractivity contribution in [1.29, 1.82) is 0 Å². The van der Waals surface area contributed by atoms with E-state index < -0.39 is 0 Å². The summed E-state index contributed by atoms with van der Waals surface area (Å²) in [5, 5.41) is 25.3. The number of rotatable bonds is 2. The van der Waals surface area contributed by atoms with E-state index in [0.717, 1.165) is 11.1 Å². The van der Waals surface area contributed by atoms with Gasteiger partial charge in [-0.05, 0) is 48.5 Å². The average molecular weight is 334 g/mol. The number of nitrogens with zero attached hydrogens (tertiary/aromatic N) is 4. The fraction of sp³-hybridized carbons (Fsp3) is 0. The first-order valence-corrected chi connectivity index (χ1v) is 7.34. The Bertz CT molecular complexity index is 835. The molecular formula is C18H14N4O3. The Hall–Kier alpha value is -3.74. The van der Waals surface area contributed by atoms with Crippen molar-refractivity contribution in [3.63, 3.8) is 0 Å². The van der Waals surface area contributed by atoms with Gasteiger partial charge >= 0.3 is 0 Å². The van der Waals surface area contributed by atoms with E-state index in [1.165, 1.54) is 24.3 Å². The lowest BCUT2D eigenvalue weighted by Gasteiger charge is -1.93. The second-order valence-corrected chi connectivity index (χ2v) is 4.90. The van der Waals surface area contributed by atoms with E-state index in [-0.39, 0.29) is 11.5 Å². The van der Waals surface area contributed by atoms with Crippen LogP contribution in [0.25, 0.3) is 22.9 Å². The molecule has 0 unspecified atom stereocenters. The van der Waals surface area contributed by atoms with Gasteiger partial charge < -0.3 is 14.6 Å². The largest absolute Gasteiger partial charge is 0.508 e. The molecule has 0 saturated carbocycles. The van der Waals surface area contributed by atoms with Gasteiger partial charge in [0.25, 0.3) is 0 Å². The van der Waals surface area contributed by atoms with Crippen LogP contribution in [0.4, 0.5) is 0 Å². The van der Waals surface area contributed by atoms with E-state index in [9.17, 15) is 0 Å². The Labute approximate surface area is 143 Å². The molecule has 0 aliphatic carbocycles.